The quantitative estimate of drug-likeness (QED) is 0.483. The Bertz CT molecular complexity index is 555. The molecule has 0 spiro atoms. The predicted molar refractivity (Wildman–Crippen MR) is 85.9 cm³/mol. The zero-order valence-corrected chi connectivity index (χ0v) is 15.1. The Morgan fingerprint density at radius 3 is 2.52 bits per heavy atom. The molecule has 2 aliphatic rings. The number of carbonyl (C=O) groups excluding carboxylic acids is 2. The van der Waals surface area contributed by atoms with Crippen LogP contribution in [0.2, 0.25) is 0 Å². The minimum Gasteiger partial charge on any atom is -0.468 e. The van der Waals surface area contributed by atoms with Crippen LogP contribution < -0.4 is 0 Å². The van der Waals surface area contributed by atoms with E-state index < -0.39 is 27.8 Å². The Morgan fingerprint density at radius 1 is 1.39 bits per heavy atom. The van der Waals surface area contributed by atoms with Crippen LogP contribution in [-0.2, 0) is 19.1 Å². The Kier molecular flexibility index (Phi) is 4.59. The second-order valence-electron chi connectivity index (χ2n) is 6.99. The van der Waals surface area contributed by atoms with Gasteiger partial charge >= 0.3 is 11.9 Å². The van der Waals surface area contributed by atoms with E-state index in [1.165, 1.54) is 7.11 Å². The van der Waals surface area contributed by atoms with E-state index in [2.05, 4.69) is 0 Å². The highest BCUT2D eigenvalue weighted by atomic mass is 35.5. The van der Waals surface area contributed by atoms with Crippen LogP contribution in [0.25, 0.3) is 0 Å². The van der Waals surface area contributed by atoms with Gasteiger partial charge in [0.25, 0.3) is 0 Å². The molecule has 1 fully saturated rings. The summed E-state index contributed by atoms with van der Waals surface area (Å²) in [6.07, 6.45) is 1.48. The smallest absolute Gasteiger partial charge is 0.330 e. The molecule has 0 heterocycles. The molecule has 0 amide bonds. The number of rotatable bonds is 3. The van der Waals surface area contributed by atoms with Gasteiger partial charge in [-0.3, -0.25) is 9.59 Å². The number of ether oxygens (including phenoxy) is 2. The first-order valence-corrected chi connectivity index (χ1v) is 8.32. The van der Waals surface area contributed by atoms with Gasteiger partial charge in [0.2, 0.25) is 0 Å². The van der Waals surface area contributed by atoms with Gasteiger partial charge in [0.05, 0.1) is 25.2 Å². The molecule has 2 rings (SSSR count). The van der Waals surface area contributed by atoms with E-state index in [0.29, 0.717) is 6.42 Å². The van der Waals surface area contributed by atoms with Gasteiger partial charge in [-0.2, -0.15) is 0 Å². The number of carbonyl (C=O) groups is 2. The number of fused-ring (bicyclic) bond motifs is 1. The fraction of sp³-hybridized carbons (Fsp3) is 0.765. The van der Waals surface area contributed by atoms with Crippen molar-refractivity contribution in [2.75, 3.05) is 13.7 Å². The van der Waals surface area contributed by atoms with Gasteiger partial charge in [-0.15, -0.1) is 11.6 Å². The number of alkyl halides is 1. The van der Waals surface area contributed by atoms with E-state index in [-0.39, 0.29) is 24.9 Å². The van der Waals surface area contributed by atoms with Crippen LogP contribution in [0.4, 0.5) is 0 Å². The molecule has 0 radical (unpaired) electrons. The molecule has 1 N–H and O–H groups in total. The maximum absolute atomic E-state index is 12.6. The van der Waals surface area contributed by atoms with Crippen molar-refractivity contribution < 1.29 is 24.2 Å². The summed E-state index contributed by atoms with van der Waals surface area (Å²) >= 11 is 6.65. The minimum absolute atomic E-state index is 0.0257. The van der Waals surface area contributed by atoms with E-state index in [1.54, 1.807) is 20.8 Å². The van der Waals surface area contributed by atoms with Crippen LogP contribution in [0, 0.1) is 16.7 Å². The van der Waals surface area contributed by atoms with Crippen molar-refractivity contribution in [2.45, 2.75) is 51.5 Å². The normalized spacial score (nSPS) is 38.5. The van der Waals surface area contributed by atoms with Gasteiger partial charge in [-0.25, -0.2) is 0 Å². The van der Waals surface area contributed by atoms with Crippen molar-refractivity contribution >= 4 is 23.5 Å². The molecule has 1 saturated carbocycles. The van der Waals surface area contributed by atoms with Gasteiger partial charge in [0.1, 0.15) is 0 Å². The number of aliphatic hydroxyl groups excluding tert-OH is 1. The summed E-state index contributed by atoms with van der Waals surface area (Å²) in [6.45, 7) is 7.38. The number of halogens is 1. The summed E-state index contributed by atoms with van der Waals surface area (Å²) in [7, 11) is 1.34. The molecule has 0 aliphatic heterocycles. The second-order valence-corrected chi connectivity index (χ2v) is 7.59. The number of hydrogen-bond donors (Lipinski definition) is 1. The van der Waals surface area contributed by atoms with Crippen molar-refractivity contribution in [3.05, 3.63) is 11.6 Å². The fourth-order valence-electron chi connectivity index (χ4n) is 4.33. The largest absolute Gasteiger partial charge is 0.468 e. The maximum Gasteiger partial charge on any atom is 0.330 e. The first-order chi connectivity index (χ1) is 10.6. The molecule has 0 saturated heterocycles. The van der Waals surface area contributed by atoms with Crippen LogP contribution in [0.15, 0.2) is 11.6 Å². The average Bonchev–Trinajstić information content (AvgIpc) is 2.83. The lowest BCUT2D eigenvalue weighted by molar-refractivity contribution is -0.168. The van der Waals surface area contributed by atoms with Crippen LogP contribution in [-0.4, -0.2) is 41.7 Å². The first kappa shape index (κ1) is 18.3. The first-order valence-electron chi connectivity index (χ1n) is 7.94. The van der Waals surface area contributed by atoms with Crippen molar-refractivity contribution in [2.24, 2.45) is 16.7 Å². The van der Waals surface area contributed by atoms with E-state index in [1.807, 2.05) is 13.0 Å². The molecular formula is C17H25ClO5. The molecule has 0 aromatic heterocycles. The van der Waals surface area contributed by atoms with Gasteiger partial charge in [-0.05, 0) is 31.3 Å². The lowest BCUT2D eigenvalue weighted by Crippen LogP contribution is -2.65. The van der Waals surface area contributed by atoms with Crippen molar-refractivity contribution in [3.63, 3.8) is 0 Å². The molecule has 0 bridgehead atoms. The molecule has 23 heavy (non-hydrogen) atoms. The molecule has 2 aliphatic carbocycles. The van der Waals surface area contributed by atoms with Crippen LogP contribution in [0.5, 0.6) is 0 Å². The lowest BCUT2D eigenvalue weighted by atomic mass is 9.52. The molecular weight excluding hydrogens is 320 g/mol. The number of esters is 2. The van der Waals surface area contributed by atoms with E-state index in [9.17, 15) is 14.7 Å². The number of aliphatic hydroxyl groups is 1. The molecule has 0 aromatic carbocycles. The van der Waals surface area contributed by atoms with E-state index >= 15 is 0 Å². The average molecular weight is 345 g/mol. The summed E-state index contributed by atoms with van der Waals surface area (Å²) in [5, 5.41) is 10.8. The van der Waals surface area contributed by atoms with Gasteiger partial charge in [0.15, 0.2) is 4.87 Å². The van der Waals surface area contributed by atoms with Crippen LogP contribution >= 0.6 is 11.6 Å². The molecule has 0 unspecified atom stereocenters. The Balaban J connectivity index is 2.60. The minimum atomic E-state index is -1.63. The summed E-state index contributed by atoms with van der Waals surface area (Å²) in [5.74, 6) is -1.07. The lowest BCUT2D eigenvalue weighted by Gasteiger charge is -2.54. The molecule has 4 atom stereocenters. The van der Waals surface area contributed by atoms with Gasteiger partial charge < -0.3 is 14.6 Å². The summed E-state index contributed by atoms with van der Waals surface area (Å²) in [4.78, 5) is 23.5. The second kappa shape index (κ2) is 5.78. The SMILES string of the molecule is CCOC(=O)[C@]1(Cl)[C@H](O)C[C@]2(C(=O)OC)C(=CC[C@H]2C)C1(C)C. The summed E-state index contributed by atoms with van der Waals surface area (Å²) in [5.41, 5.74) is -1.13. The number of allylic oxidation sites excluding steroid dienone is 1. The summed E-state index contributed by atoms with van der Waals surface area (Å²) < 4.78 is 10.1. The van der Waals surface area contributed by atoms with Crippen molar-refractivity contribution in [1.29, 1.82) is 0 Å². The summed E-state index contributed by atoms with van der Waals surface area (Å²) in [6, 6.07) is 0. The monoisotopic (exact) mass is 344 g/mol. The maximum atomic E-state index is 12.6. The molecule has 130 valence electrons. The van der Waals surface area contributed by atoms with Crippen molar-refractivity contribution in [1.82, 2.24) is 0 Å². The molecule has 0 aromatic rings. The van der Waals surface area contributed by atoms with Gasteiger partial charge in [0, 0.05) is 5.41 Å². The fourth-order valence-corrected chi connectivity index (χ4v) is 4.56. The molecule has 6 heteroatoms. The highest BCUT2D eigenvalue weighted by Crippen LogP contribution is 2.64. The number of hydrogen-bond acceptors (Lipinski definition) is 5. The van der Waals surface area contributed by atoms with Gasteiger partial charge in [-0.1, -0.05) is 26.8 Å². The van der Waals surface area contributed by atoms with Crippen molar-refractivity contribution in [3.8, 4) is 0 Å². The highest BCUT2D eigenvalue weighted by molar-refractivity contribution is 6.35. The Labute approximate surface area is 142 Å². The zero-order chi connectivity index (χ0) is 17.6. The Morgan fingerprint density at radius 2 is 2.00 bits per heavy atom. The zero-order valence-electron chi connectivity index (χ0n) is 14.3. The van der Waals surface area contributed by atoms with Crippen LogP contribution in [0.1, 0.15) is 40.5 Å². The third-order valence-electron chi connectivity index (χ3n) is 5.68. The highest BCUT2D eigenvalue weighted by Gasteiger charge is 2.70. The standard InChI is InChI=1S/C17H25ClO5/c1-6-23-14(21)17(18)12(19)9-16(13(20)22-5)10(2)7-8-11(16)15(17,3)4/h8,10,12,19H,6-7,9H2,1-5H3/t10-,12-,16-,17-/m1/s1. The number of methoxy groups -OCH3 is 1. The third-order valence-corrected chi connectivity index (χ3v) is 6.56. The Hall–Kier alpha value is -1.07. The predicted octanol–water partition coefficient (Wildman–Crippen LogP) is 2.44. The molecule has 5 nitrogen and oxygen atoms in total. The van der Waals surface area contributed by atoms with E-state index in [4.69, 9.17) is 21.1 Å². The topological polar surface area (TPSA) is 72.8 Å². The van der Waals surface area contributed by atoms with E-state index in [0.717, 1.165) is 5.57 Å². The van der Waals surface area contributed by atoms with Crippen LogP contribution in [0.3, 0.4) is 0 Å². The third kappa shape index (κ3) is 2.16.